The van der Waals surface area contributed by atoms with Crippen LogP contribution in [-0.4, -0.2) is 7.11 Å². The molecular formula is C17H11NO3. The highest BCUT2D eigenvalue weighted by Crippen LogP contribution is 2.23. The van der Waals surface area contributed by atoms with E-state index >= 15 is 0 Å². The van der Waals surface area contributed by atoms with Gasteiger partial charge in [-0.05, 0) is 42.0 Å². The first kappa shape index (κ1) is 12.9. The molecule has 102 valence electrons. The van der Waals surface area contributed by atoms with Crippen LogP contribution in [0.15, 0.2) is 57.7 Å². The Morgan fingerprint density at radius 1 is 1.10 bits per heavy atom. The lowest BCUT2D eigenvalue weighted by molar-refractivity contribution is 0.415. The molecule has 2 aromatic carbocycles. The minimum atomic E-state index is -0.428. The normalized spacial score (nSPS) is 10.3. The lowest BCUT2D eigenvalue weighted by Crippen LogP contribution is -2.02. The Kier molecular flexibility index (Phi) is 3.17. The predicted molar refractivity (Wildman–Crippen MR) is 79.2 cm³/mol. The van der Waals surface area contributed by atoms with E-state index in [1.165, 1.54) is 0 Å². The fraction of sp³-hybridized carbons (Fsp3) is 0.0588. The highest BCUT2D eigenvalue weighted by atomic mass is 16.5. The zero-order chi connectivity index (χ0) is 14.8. The Bertz CT molecular complexity index is 902. The molecule has 3 aromatic rings. The summed E-state index contributed by atoms with van der Waals surface area (Å²) in [5.74, 6) is 0.725. The number of benzene rings is 2. The van der Waals surface area contributed by atoms with Gasteiger partial charge < -0.3 is 9.15 Å². The van der Waals surface area contributed by atoms with E-state index in [2.05, 4.69) is 0 Å². The molecule has 0 saturated carbocycles. The van der Waals surface area contributed by atoms with Crippen molar-refractivity contribution in [2.24, 2.45) is 0 Å². The number of nitriles is 1. The third-order valence-electron chi connectivity index (χ3n) is 3.27. The molecule has 1 heterocycles. The van der Waals surface area contributed by atoms with Crippen molar-refractivity contribution in [2.45, 2.75) is 0 Å². The summed E-state index contributed by atoms with van der Waals surface area (Å²) in [7, 11) is 1.59. The molecule has 0 spiro atoms. The third-order valence-corrected chi connectivity index (χ3v) is 3.27. The van der Waals surface area contributed by atoms with Gasteiger partial charge >= 0.3 is 5.63 Å². The van der Waals surface area contributed by atoms with Crippen LogP contribution in [0.25, 0.3) is 22.1 Å². The quantitative estimate of drug-likeness (QED) is 0.674. The largest absolute Gasteiger partial charge is 0.497 e. The minimum Gasteiger partial charge on any atom is -0.497 e. The maximum absolute atomic E-state index is 12.1. The number of hydrogen-bond acceptors (Lipinski definition) is 4. The van der Waals surface area contributed by atoms with Crippen LogP contribution in [0.5, 0.6) is 5.75 Å². The van der Waals surface area contributed by atoms with Gasteiger partial charge in [-0.3, -0.25) is 0 Å². The van der Waals surface area contributed by atoms with Gasteiger partial charge in [-0.2, -0.15) is 5.26 Å². The van der Waals surface area contributed by atoms with Crippen LogP contribution in [0.2, 0.25) is 0 Å². The van der Waals surface area contributed by atoms with Crippen molar-refractivity contribution in [1.82, 2.24) is 0 Å². The van der Waals surface area contributed by atoms with Crippen molar-refractivity contribution in [1.29, 1.82) is 5.26 Å². The topological polar surface area (TPSA) is 63.2 Å². The molecule has 21 heavy (non-hydrogen) atoms. The molecule has 3 rings (SSSR count). The van der Waals surface area contributed by atoms with Crippen LogP contribution in [0.4, 0.5) is 0 Å². The van der Waals surface area contributed by atoms with Crippen LogP contribution in [0.3, 0.4) is 0 Å². The van der Waals surface area contributed by atoms with Crippen LogP contribution in [-0.2, 0) is 0 Å². The summed E-state index contributed by atoms with van der Waals surface area (Å²) < 4.78 is 10.4. The van der Waals surface area contributed by atoms with Gasteiger partial charge in [0, 0.05) is 5.39 Å². The van der Waals surface area contributed by atoms with Gasteiger partial charge in [0.15, 0.2) is 0 Å². The van der Waals surface area contributed by atoms with Crippen molar-refractivity contribution in [3.63, 3.8) is 0 Å². The fourth-order valence-corrected chi connectivity index (χ4v) is 2.15. The zero-order valence-electron chi connectivity index (χ0n) is 11.3. The molecule has 0 N–H and O–H groups in total. The second-order valence-corrected chi connectivity index (χ2v) is 4.54. The molecule has 0 unspecified atom stereocenters. The molecule has 0 saturated heterocycles. The summed E-state index contributed by atoms with van der Waals surface area (Å²) in [6.07, 6.45) is 0. The van der Waals surface area contributed by atoms with E-state index in [4.69, 9.17) is 14.4 Å². The highest BCUT2D eigenvalue weighted by molar-refractivity contribution is 5.82. The SMILES string of the molecule is COc1ccc(-c2cc3ccc(C#N)cc3oc2=O)cc1. The first-order valence-corrected chi connectivity index (χ1v) is 6.34. The molecule has 0 radical (unpaired) electrons. The van der Waals surface area contributed by atoms with Crippen molar-refractivity contribution in [2.75, 3.05) is 7.11 Å². The van der Waals surface area contributed by atoms with E-state index in [9.17, 15) is 4.79 Å². The van der Waals surface area contributed by atoms with Gasteiger partial charge in [-0.25, -0.2) is 4.79 Å². The van der Waals surface area contributed by atoms with Crippen molar-refractivity contribution >= 4 is 11.0 Å². The van der Waals surface area contributed by atoms with Crippen LogP contribution >= 0.6 is 0 Å². The summed E-state index contributed by atoms with van der Waals surface area (Å²) in [5.41, 5.74) is 1.69. The molecule has 0 aliphatic heterocycles. The molecular weight excluding hydrogens is 266 g/mol. The van der Waals surface area contributed by atoms with Gasteiger partial charge in [0.2, 0.25) is 0 Å². The van der Waals surface area contributed by atoms with E-state index in [-0.39, 0.29) is 0 Å². The molecule has 0 amide bonds. The summed E-state index contributed by atoms with van der Waals surface area (Å²) >= 11 is 0. The number of nitrogens with zero attached hydrogens (tertiary/aromatic N) is 1. The van der Waals surface area contributed by atoms with Gasteiger partial charge in [0.05, 0.1) is 24.3 Å². The van der Waals surface area contributed by atoms with Crippen molar-refractivity contribution < 1.29 is 9.15 Å². The molecule has 4 nitrogen and oxygen atoms in total. The smallest absolute Gasteiger partial charge is 0.344 e. The first-order chi connectivity index (χ1) is 10.2. The van der Waals surface area contributed by atoms with E-state index in [0.717, 1.165) is 16.7 Å². The maximum Gasteiger partial charge on any atom is 0.344 e. The van der Waals surface area contributed by atoms with Gasteiger partial charge in [-0.15, -0.1) is 0 Å². The predicted octanol–water partition coefficient (Wildman–Crippen LogP) is 3.34. The van der Waals surface area contributed by atoms with E-state index in [1.54, 1.807) is 55.6 Å². The van der Waals surface area contributed by atoms with Gasteiger partial charge in [-0.1, -0.05) is 12.1 Å². The van der Waals surface area contributed by atoms with Crippen molar-refractivity contribution in [3.8, 4) is 22.9 Å². The Morgan fingerprint density at radius 3 is 2.52 bits per heavy atom. The van der Waals surface area contributed by atoms with Gasteiger partial charge in [0.1, 0.15) is 11.3 Å². The number of fused-ring (bicyclic) bond motifs is 1. The Balaban J connectivity index is 2.16. The Hall–Kier alpha value is -3.06. The highest BCUT2D eigenvalue weighted by Gasteiger charge is 2.08. The Labute approximate surface area is 120 Å². The van der Waals surface area contributed by atoms with E-state index in [1.807, 2.05) is 6.07 Å². The first-order valence-electron chi connectivity index (χ1n) is 6.34. The fourth-order valence-electron chi connectivity index (χ4n) is 2.15. The van der Waals surface area contributed by atoms with Crippen LogP contribution in [0.1, 0.15) is 5.56 Å². The lowest BCUT2D eigenvalue weighted by Gasteiger charge is -2.04. The second kappa shape index (κ2) is 5.14. The molecule has 0 fully saturated rings. The summed E-state index contributed by atoms with van der Waals surface area (Å²) in [6.45, 7) is 0. The standard InChI is InChI=1S/C17H11NO3/c1-20-14-6-4-12(5-7-14)15-9-13-3-2-11(10-18)8-16(13)21-17(15)19/h2-9H,1H3. The lowest BCUT2D eigenvalue weighted by atomic mass is 10.1. The number of ether oxygens (including phenoxy) is 1. The molecule has 0 aliphatic carbocycles. The molecule has 4 heteroatoms. The summed E-state index contributed by atoms with van der Waals surface area (Å²) in [4.78, 5) is 12.1. The molecule has 0 bridgehead atoms. The van der Waals surface area contributed by atoms with Gasteiger partial charge in [0.25, 0.3) is 0 Å². The van der Waals surface area contributed by atoms with E-state index in [0.29, 0.717) is 16.7 Å². The third kappa shape index (κ3) is 2.37. The average Bonchev–Trinajstić information content (AvgIpc) is 2.53. The summed E-state index contributed by atoms with van der Waals surface area (Å²) in [5, 5.41) is 9.64. The Morgan fingerprint density at radius 2 is 1.86 bits per heavy atom. The maximum atomic E-state index is 12.1. The molecule has 0 aliphatic rings. The average molecular weight is 277 g/mol. The van der Waals surface area contributed by atoms with Crippen LogP contribution in [0, 0.1) is 11.3 Å². The monoisotopic (exact) mass is 277 g/mol. The number of hydrogen-bond donors (Lipinski definition) is 0. The zero-order valence-corrected chi connectivity index (χ0v) is 11.3. The number of rotatable bonds is 2. The minimum absolute atomic E-state index is 0.413. The number of methoxy groups -OCH3 is 1. The van der Waals surface area contributed by atoms with E-state index < -0.39 is 5.63 Å². The summed E-state index contributed by atoms with van der Waals surface area (Å²) in [6, 6.07) is 16.0. The van der Waals surface area contributed by atoms with Crippen molar-refractivity contribution in [3.05, 3.63) is 64.5 Å². The molecule has 1 aromatic heterocycles. The second-order valence-electron chi connectivity index (χ2n) is 4.54. The molecule has 0 atom stereocenters. The van der Waals surface area contributed by atoms with Crippen LogP contribution < -0.4 is 10.4 Å².